The zero-order valence-electron chi connectivity index (χ0n) is 49.8. The fourth-order valence-corrected chi connectivity index (χ4v) is 11.7. The maximum absolute atomic E-state index is 14.9. The summed E-state index contributed by atoms with van der Waals surface area (Å²) in [6.07, 6.45) is 4.86. The van der Waals surface area contributed by atoms with E-state index in [1.807, 2.05) is 66.7 Å². The molecule has 3 aliphatic rings. The highest BCUT2D eigenvalue weighted by molar-refractivity contribution is 6.13. The minimum atomic E-state index is -1.02. The average molecular weight is 1140 g/mol. The Bertz CT molecular complexity index is 3290. The number of amides is 7. The van der Waals surface area contributed by atoms with Gasteiger partial charge < -0.3 is 41.7 Å². The van der Waals surface area contributed by atoms with Crippen LogP contribution in [0.2, 0.25) is 0 Å². The van der Waals surface area contributed by atoms with Crippen LogP contribution in [-0.2, 0) is 48.2 Å². The van der Waals surface area contributed by atoms with Gasteiger partial charge in [0.1, 0.15) is 29.7 Å². The fraction of sp³-hybridized carbons (Fsp3) is 0.477. The Morgan fingerprint density at radius 2 is 1.46 bits per heavy atom. The van der Waals surface area contributed by atoms with E-state index in [1.165, 1.54) is 26.0 Å². The number of anilines is 1. The topological polar surface area (TPSA) is 220 Å². The number of Topliss-reactive ketones (excluding diaryl/α,β-unsaturated/α-hetero) is 1. The third-order valence-corrected chi connectivity index (χ3v) is 17.1. The Hall–Kier alpha value is -7.73. The van der Waals surface area contributed by atoms with Gasteiger partial charge >= 0.3 is 6.03 Å². The fourth-order valence-electron chi connectivity index (χ4n) is 11.7. The molecule has 1 saturated heterocycles. The molecule has 1 fully saturated rings. The number of likely N-dealkylation sites (N-methyl/N-ethyl adjacent to an activating group) is 1. The summed E-state index contributed by atoms with van der Waals surface area (Å²) in [7, 11) is 1.69. The molecule has 1 aromatic heterocycles. The van der Waals surface area contributed by atoms with Gasteiger partial charge in [-0.2, -0.15) is 0 Å². The predicted molar refractivity (Wildman–Crippen MR) is 317 cm³/mol. The third kappa shape index (κ3) is 13.7. The lowest BCUT2D eigenvalue weighted by Crippen LogP contribution is -2.61. The zero-order chi connectivity index (χ0) is 60.2. The molecule has 442 valence electrons. The number of rotatable bonds is 17. The molecule has 0 saturated carbocycles. The van der Waals surface area contributed by atoms with E-state index >= 15 is 0 Å². The van der Waals surface area contributed by atoms with E-state index in [1.54, 1.807) is 94.7 Å². The minimum Gasteiger partial charge on any atom is -0.348 e. The molecule has 0 spiro atoms. The van der Waals surface area contributed by atoms with Crippen molar-refractivity contribution in [2.75, 3.05) is 18.9 Å². The number of fused-ring (bicyclic) bond motifs is 3. The number of hydrogen-bond donors (Lipinski definition) is 6. The molecule has 3 heterocycles. The van der Waals surface area contributed by atoms with Crippen molar-refractivity contribution >= 4 is 63.8 Å². The summed E-state index contributed by atoms with van der Waals surface area (Å²) >= 11 is 0. The number of carbonyl (C=O) groups excluding carboxylic acids is 8. The normalized spacial score (nSPS) is 19.7. The van der Waals surface area contributed by atoms with Crippen LogP contribution in [0.4, 0.5) is 14.9 Å². The Morgan fingerprint density at radius 3 is 2.16 bits per heavy atom. The maximum atomic E-state index is 14.9. The molecular formula is C65H82FN9O8. The van der Waals surface area contributed by atoms with Crippen molar-refractivity contribution in [1.82, 2.24) is 41.0 Å². The van der Waals surface area contributed by atoms with E-state index in [-0.39, 0.29) is 73.4 Å². The Morgan fingerprint density at radius 1 is 0.735 bits per heavy atom. The number of halogens is 1. The van der Waals surface area contributed by atoms with Crippen molar-refractivity contribution in [3.05, 3.63) is 136 Å². The van der Waals surface area contributed by atoms with Gasteiger partial charge in [-0.3, -0.25) is 38.1 Å². The molecular weight excluding hydrogens is 1050 g/mol. The van der Waals surface area contributed by atoms with E-state index < -0.39 is 82.6 Å². The van der Waals surface area contributed by atoms with Gasteiger partial charge in [0, 0.05) is 66.2 Å². The van der Waals surface area contributed by atoms with Crippen LogP contribution in [0, 0.1) is 28.5 Å². The van der Waals surface area contributed by atoms with Gasteiger partial charge in [-0.1, -0.05) is 110 Å². The van der Waals surface area contributed by atoms with Crippen molar-refractivity contribution in [2.45, 2.75) is 163 Å². The first kappa shape index (κ1) is 61.3. The van der Waals surface area contributed by atoms with Gasteiger partial charge in [-0.05, 0) is 122 Å². The highest BCUT2D eigenvalue weighted by atomic mass is 19.1. The molecule has 2 aliphatic heterocycles. The summed E-state index contributed by atoms with van der Waals surface area (Å²) < 4.78 is 16.3. The Labute approximate surface area is 486 Å². The second-order valence-electron chi connectivity index (χ2n) is 25.1. The highest BCUT2D eigenvalue weighted by Gasteiger charge is 2.47. The molecule has 4 aromatic carbocycles. The summed E-state index contributed by atoms with van der Waals surface area (Å²) in [5, 5.41) is 18.7. The van der Waals surface area contributed by atoms with E-state index in [4.69, 9.17) is 0 Å². The van der Waals surface area contributed by atoms with Crippen LogP contribution in [-0.4, -0.2) is 105 Å². The SMILES string of the molecule is CC[C@@H](C)C(=O)N[C@H](C(=O)N1Cc2cc(NC(=O)c3cccc4c3ccn4C(=O)N[C@H]3C[C@@H](C(=O)N[C@@H]4CCCc5ccccc54)N(C(=O)[C@@H](CC(=O)[C@H](C)NC)C(C)(C)C)C3)ccc2C[C@H]1C(=O)N[C@H](C)c1ccccc1F)C(C)(C)C. The summed E-state index contributed by atoms with van der Waals surface area (Å²) in [6, 6.07) is 20.6. The maximum Gasteiger partial charge on any atom is 0.326 e. The summed E-state index contributed by atoms with van der Waals surface area (Å²) in [6.45, 7) is 18.4. The lowest BCUT2D eigenvalue weighted by Gasteiger charge is -2.41. The van der Waals surface area contributed by atoms with Crippen LogP contribution in [0.15, 0.2) is 97.2 Å². The standard InChI is InChI=1S/C65H82FN9O8/c1-12-37(2)57(77)72-56(65(8,9)10)62(82)74-35-42-31-43(28-27-41(42)32-53(74)59(79)68-38(3)45-21-15-16-24-50(45)66)69-58(78)48-23-18-26-52-47(48)29-30-73(52)63(83)70-44-33-54(60(80)71-51-25-17-20-40-19-13-14-22-46(40)51)75(36-44)61(81)49(64(5,6)7)34-55(76)39(4)67-11/h13-16,18-19,21-24,26-31,37-39,44,49,51,53-54,56,67H,12,17,20,25,32-36H2,1-11H3,(H,68,79)(H,69,78)(H,70,83)(H,71,80)(H,72,77)/t37-,38-,39+,44+,49-,51-,53+,54+,56-/m1/s1. The molecule has 0 radical (unpaired) electrons. The molecule has 18 heteroatoms. The predicted octanol–water partition coefficient (Wildman–Crippen LogP) is 8.69. The van der Waals surface area contributed by atoms with Gasteiger partial charge in [-0.15, -0.1) is 0 Å². The first-order valence-electron chi connectivity index (χ1n) is 29.2. The number of hydrogen-bond acceptors (Lipinski definition) is 9. The third-order valence-electron chi connectivity index (χ3n) is 17.1. The van der Waals surface area contributed by atoms with E-state index in [9.17, 15) is 42.7 Å². The number of nitrogens with one attached hydrogen (secondary N) is 6. The first-order valence-corrected chi connectivity index (χ1v) is 29.2. The van der Waals surface area contributed by atoms with Crippen LogP contribution < -0.4 is 31.9 Å². The van der Waals surface area contributed by atoms with E-state index in [0.29, 0.717) is 34.1 Å². The number of benzene rings is 4. The van der Waals surface area contributed by atoms with Gasteiger partial charge in [0.05, 0.1) is 29.7 Å². The average Bonchev–Trinajstić information content (AvgIpc) is 3.92. The number of ketones is 1. The molecule has 1 aliphatic carbocycles. The van der Waals surface area contributed by atoms with Gasteiger partial charge in [0.2, 0.25) is 29.5 Å². The van der Waals surface area contributed by atoms with Crippen molar-refractivity contribution in [2.24, 2.45) is 22.7 Å². The molecule has 0 bridgehead atoms. The molecule has 17 nitrogen and oxygen atoms in total. The molecule has 83 heavy (non-hydrogen) atoms. The number of carbonyl (C=O) groups is 8. The quantitative estimate of drug-likeness (QED) is 0.0524. The molecule has 0 unspecified atom stereocenters. The van der Waals surface area contributed by atoms with Crippen LogP contribution in [0.5, 0.6) is 0 Å². The molecule has 7 amide bonds. The van der Waals surface area contributed by atoms with Gasteiger partial charge in [-0.25, -0.2) is 9.18 Å². The lowest BCUT2D eigenvalue weighted by molar-refractivity contribution is -0.147. The van der Waals surface area contributed by atoms with Gasteiger partial charge in [0.15, 0.2) is 0 Å². The van der Waals surface area contributed by atoms with Crippen molar-refractivity contribution in [1.29, 1.82) is 0 Å². The second kappa shape index (κ2) is 25.4. The molecule has 6 N–H and O–H groups in total. The van der Waals surface area contributed by atoms with Gasteiger partial charge in [0.25, 0.3) is 5.91 Å². The first-order chi connectivity index (χ1) is 39.3. The van der Waals surface area contributed by atoms with E-state index in [0.717, 1.165) is 30.4 Å². The molecule has 8 rings (SSSR count). The second-order valence-corrected chi connectivity index (χ2v) is 25.1. The van der Waals surface area contributed by atoms with Crippen molar-refractivity contribution in [3.8, 4) is 0 Å². The lowest BCUT2D eigenvalue weighted by atomic mass is 9.76. The minimum absolute atomic E-state index is 0.0281. The van der Waals surface area contributed by atoms with Crippen molar-refractivity contribution < 1.29 is 42.7 Å². The molecule has 9 atom stereocenters. The highest BCUT2D eigenvalue weighted by Crippen LogP contribution is 2.36. The Kier molecular flexibility index (Phi) is 18.8. The Balaban J connectivity index is 1.02. The number of aromatic nitrogens is 1. The number of likely N-dealkylation sites (tertiary alicyclic amines) is 1. The summed E-state index contributed by atoms with van der Waals surface area (Å²) in [5.74, 6) is -4.10. The van der Waals surface area contributed by atoms with Crippen LogP contribution in [0.3, 0.4) is 0 Å². The smallest absolute Gasteiger partial charge is 0.326 e. The van der Waals surface area contributed by atoms with Crippen LogP contribution >= 0.6 is 0 Å². The van der Waals surface area contributed by atoms with E-state index in [2.05, 4.69) is 38.0 Å². The van der Waals surface area contributed by atoms with Crippen LogP contribution in [0.1, 0.15) is 152 Å². The van der Waals surface area contributed by atoms with Crippen LogP contribution in [0.25, 0.3) is 10.9 Å². The number of aryl methyl sites for hydroxylation is 1. The molecule has 5 aromatic rings. The zero-order valence-corrected chi connectivity index (χ0v) is 49.8. The largest absolute Gasteiger partial charge is 0.348 e. The number of nitrogens with zero attached hydrogens (tertiary/aromatic N) is 3. The monoisotopic (exact) mass is 1140 g/mol. The van der Waals surface area contributed by atoms with Crippen molar-refractivity contribution in [3.63, 3.8) is 0 Å². The summed E-state index contributed by atoms with van der Waals surface area (Å²) in [5.41, 5.74) is 3.63. The summed E-state index contributed by atoms with van der Waals surface area (Å²) in [4.78, 5) is 117.